The first-order valence-corrected chi connectivity index (χ1v) is 8.05. The Hall–Kier alpha value is -3.20. The molecule has 0 unspecified atom stereocenters. The molecule has 1 aromatic carbocycles. The second kappa shape index (κ2) is 7.14. The van der Waals surface area contributed by atoms with Crippen LogP contribution in [0.15, 0.2) is 42.6 Å². The number of hydrogen-bond donors (Lipinski definition) is 1. The highest BCUT2D eigenvalue weighted by atomic mass is 16.5. The van der Waals surface area contributed by atoms with Crippen molar-refractivity contribution in [3.05, 3.63) is 53.7 Å². The molecule has 0 amide bonds. The zero-order valence-electron chi connectivity index (χ0n) is 14.5. The van der Waals surface area contributed by atoms with Crippen LogP contribution >= 0.6 is 0 Å². The van der Waals surface area contributed by atoms with Gasteiger partial charge in [-0.05, 0) is 43.7 Å². The number of ether oxygens (including phenoxy) is 2. The Morgan fingerprint density at radius 3 is 2.60 bits per heavy atom. The molecule has 0 fully saturated rings. The summed E-state index contributed by atoms with van der Waals surface area (Å²) >= 11 is 0. The number of nitrogens with zero attached hydrogens (tertiary/aromatic N) is 3. The molecule has 25 heavy (non-hydrogen) atoms. The molecule has 0 aliphatic carbocycles. The highest BCUT2D eigenvalue weighted by molar-refractivity contribution is 5.67. The van der Waals surface area contributed by atoms with Gasteiger partial charge >= 0.3 is 0 Å². The van der Waals surface area contributed by atoms with Crippen molar-refractivity contribution < 1.29 is 9.47 Å². The molecule has 2 heterocycles. The van der Waals surface area contributed by atoms with Gasteiger partial charge in [-0.3, -0.25) is 0 Å². The molecule has 6 heteroatoms. The molecule has 0 spiro atoms. The van der Waals surface area contributed by atoms with Gasteiger partial charge in [0.1, 0.15) is 24.0 Å². The van der Waals surface area contributed by atoms with Crippen molar-refractivity contribution in [2.24, 2.45) is 0 Å². The van der Waals surface area contributed by atoms with Crippen molar-refractivity contribution in [1.82, 2.24) is 9.61 Å². The maximum Gasteiger partial charge on any atom is 0.252 e. The number of rotatable bonds is 6. The third-order valence-corrected chi connectivity index (χ3v) is 3.70. The number of methoxy groups -OCH3 is 1. The first-order chi connectivity index (χ1) is 12.1. The molecule has 2 aromatic heterocycles. The maximum absolute atomic E-state index is 9.47. The summed E-state index contributed by atoms with van der Waals surface area (Å²) in [6.07, 6.45) is 1.86. The predicted octanol–water partition coefficient (Wildman–Crippen LogP) is 3.61. The van der Waals surface area contributed by atoms with Gasteiger partial charge in [0, 0.05) is 6.04 Å². The van der Waals surface area contributed by atoms with Crippen molar-refractivity contribution in [1.29, 1.82) is 5.26 Å². The Labute approximate surface area is 146 Å². The number of hydrogen-bond acceptors (Lipinski definition) is 5. The van der Waals surface area contributed by atoms with E-state index in [-0.39, 0.29) is 0 Å². The van der Waals surface area contributed by atoms with E-state index in [1.807, 2.05) is 42.6 Å². The molecule has 3 rings (SSSR count). The monoisotopic (exact) mass is 336 g/mol. The Balaban J connectivity index is 1.83. The maximum atomic E-state index is 9.47. The van der Waals surface area contributed by atoms with Crippen LogP contribution in [0.5, 0.6) is 11.6 Å². The van der Waals surface area contributed by atoms with E-state index in [1.54, 1.807) is 11.6 Å². The first kappa shape index (κ1) is 16.7. The van der Waals surface area contributed by atoms with Gasteiger partial charge in [-0.2, -0.15) is 5.26 Å². The summed E-state index contributed by atoms with van der Waals surface area (Å²) in [5.41, 5.74) is 3.08. The van der Waals surface area contributed by atoms with Crippen LogP contribution in [0, 0.1) is 11.3 Å². The van der Waals surface area contributed by atoms with Crippen LogP contribution in [0.3, 0.4) is 0 Å². The smallest absolute Gasteiger partial charge is 0.252 e. The second-order valence-electron chi connectivity index (χ2n) is 5.98. The SMILES string of the molecule is COc1ccc(COc2nn3cc(NC(C)C)ccc3c2C#N)cc1. The van der Waals surface area contributed by atoms with E-state index in [4.69, 9.17) is 9.47 Å². The van der Waals surface area contributed by atoms with Crippen molar-refractivity contribution in [2.45, 2.75) is 26.5 Å². The average molecular weight is 336 g/mol. The van der Waals surface area contributed by atoms with Crippen molar-refractivity contribution >= 4 is 11.2 Å². The Bertz CT molecular complexity index is 908. The third kappa shape index (κ3) is 3.66. The van der Waals surface area contributed by atoms with Crippen LogP contribution in [0.25, 0.3) is 5.52 Å². The van der Waals surface area contributed by atoms with Gasteiger partial charge < -0.3 is 14.8 Å². The number of pyridine rings is 1. The minimum atomic E-state index is 0.314. The number of anilines is 1. The van der Waals surface area contributed by atoms with Crippen molar-refractivity contribution in [2.75, 3.05) is 12.4 Å². The van der Waals surface area contributed by atoms with E-state index < -0.39 is 0 Å². The number of aromatic nitrogens is 2. The van der Waals surface area contributed by atoms with E-state index in [9.17, 15) is 5.26 Å². The topological polar surface area (TPSA) is 71.6 Å². The van der Waals surface area contributed by atoms with Gasteiger partial charge in [-0.1, -0.05) is 12.1 Å². The molecule has 0 radical (unpaired) electrons. The molecule has 0 aliphatic heterocycles. The summed E-state index contributed by atoms with van der Waals surface area (Å²) in [6, 6.07) is 13.9. The summed E-state index contributed by atoms with van der Waals surface area (Å²) in [4.78, 5) is 0. The summed E-state index contributed by atoms with van der Waals surface area (Å²) < 4.78 is 12.6. The molecule has 0 saturated carbocycles. The zero-order chi connectivity index (χ0) is 17.8. The first-order valence-electron chi connectivity index (χ1n) is 8.05. The second-order valence-corrected chi connectivity index (χ2v) is 5.98. The predicted molar refractivity (Wildman–Crippen MR) is 96.0 cm³/mol. The van der Waals surface area contributed by atoms with Crippen molar-refractivity contribution in [3.8, 4) is 17.7 Å². The molecule has 3 aromatic rings. The van der Waals surface area contributed by atoms with Crippen LogP contribution in [0.2, 0.25) is 0 Å². The van der Waals surface area contributed by atoms with Gasteiger partial charge in [0.05, 0.1) is 24.5 Å². The molecular weight excluding hydrogens is 316 g/mol. The molecule has 6 nitrogen and oxygen atoms in total. The molecule has 128 valence electrons. The normalized spacial score (nSPS) is 10.7. The van der Waals surface area contributed by atoms with E-state index in [1.165, 1.54) is 0 Å². The van der Waals surface area contributed by atoms with Gasteiger partial charge in [-0.25, -0.2) is 4.52 Å². The fraction of sp³-hybridized carbons (Fsp3) is 0.263. The summed E-state index contributed by atoms with van der Waals surface area (Å²) in [5.74, 6) is 1.12. The number of fused-ring (bicyclic) bond motifs is 1. The van der Waals surface area contributed by atoms with Gasteiger partial charge in [0.15, 0.2) is 0 Å². The lowest BCUT2D eigenvalue weighted by atomic mass is 10.2. The molecule has 0 saturated heterocycles. The van der Waals surface area contributed by atoms with Gasteiger partial charge in [0.2, 0.25) is 0 Å². The standard InChI is InChI=1S/C19H20N4O2/c1-13(2)21-15-6-9-18-17(10-20)19(22-23(18)11-15)25-12-14-4-7-16(24-3)8-5-14/h4-9,11,13,21H,12H2,1-3H3. The fourth-order valence-corrected chi connectivity index (χ4v) is 2.53. The van der Waals surface area contributed by atoms with Crippen LogP contribution in [0.1, 0.15) is 25.0 Å². The van der Waals surface area contributed by atoms with Crippen LogP contribution < -0.4 is 14.8 Å². The number of nitrogens with one attached hydrogen (secondary N) is 1. The van der Waals surface area contributed by atoms with E-state index >= 15 is 0 Å². The Morgan fingerprint density at radius 2 is 1.96 bits per heavy atom. The minimum absolute atomic E-state index is 0.314. The Kier molecular flexibility index (Phi) is 4.75. The molecule has 1 N–H and O–H groups in total. The van der Waals surface area contributed by atoms with E-state index in [2.05, 4.69) is 30.3 Å². The lowest BCUT2D eigenvalue weighted by molar-refractivity contribution is 0.291. The summed E-state index contributed by atoms with van der Waals surface area (Å²) in [7, 11) is 1.63. The number of benzene rings is 1. The molecule has 0 atom stereocenters. The largest absolute Gasteiger partial charge is 0.497 e. The van der Waals surface area contributed by atoms with E-state index in [0.29, 0.717) is 24.1 Å². The van der Waals surface area contributed by atoms with E-state index in [0.717, 1.165) is 22.5 Å². The van der Waals surface area contributed by atoms with Gasteiger partial charge in [0.25, 0.3) is 5.88 Å². The third-order valence-electron chi connectivity index (χ3n) is 3.70. The zero-order valence-corrected chi connectivity index (χ0v) is 14.5. The highest BCUT2D eigenvalue weighted by Crippen LogP contribution is 2.24. The number of nitriles is 1. The summed E-state index contributed by atoms with van der Waals surface area (Å²) in [5, 5.41) is 17.2. The fourth-order valence-electron chi connectivity index (χ4n) is 2.53. The van der Waals surface area contributed by atoms with Crippen LogP contribution in [0.4, 0.5) is 5.69 Å². The lowest BCUT2D eigenvalue weighted by Gasteiger charge is -2.09. The van der Waals surface area contributed by atoms with Crippen LogP contribution in [-0.4, -0.2) is 22.8 Å². The summed E-state index contributed by atoms with van der Waals surface area (Å²) in [6.45, 7) is 4.47. The lowest BCUT2D eigenvalue weighted by Crippen LogP contribution is -2.10. The molecule has 0 bridgehead atoms. The quantitative estimate of drug-likeness (QED) is 0.744. The van der Waals surface area contributed by atoms with Crippen LogP contribution in [-0.2, 0) is 6.61 Å². The minimum Gasteiger partial charge on any atom is -0.497 e. The van der Waals surface area contributed by atoms with Gasteiger partial charge in [-0.15, -0.1) is 5.10 Å². The molecular formula is C19H20N4O2. The molecule has 0 aliphatic rings. The Morgan fingerprint density at radius 1 is 1.20 bits per heavy atom. The average Bonchev–Trinajstić information content (AvgIpc) is 2.96. The highest BCUT2D eigenvalue weighted by Gasteiger charge is 2.14. The van der Waals surface area contributed by atoms with Crippen molar-refractivity contribution in [3.63, 3.8) is 0 Å².